The molecule has 1 amide bonds. The molecule has 1 aliphatic carbocycles. The van der Waals surface area contributed by atoms with Gasteiger partial charge in [-0.2, -0.15) is 0 Å². The molecule has 3 rings (SSSR count). The summed E-state index contributed by atoms with van der Waals surface area (Å²) in [5.74, 6) is -1.55. The van der Waals surface area contributed by atoms with Gasteiger partial charge in [0.25, 0.3) is 0 Å². The third-order valence-electron chi connectivity index (χ3n) is 4.98. The molecular formula is C18H25ClF2N2O. The molecule has 2 fully saturated rings. The van der Waals surface area contributed by atoms with Crippen molar-refractivity contribution in [3.05, 3.63) is 35.4 Å². The first-order valence-electron chi connectivity index (χ1n) is 8.58. The zero-order valence-corrected chi connectivity index (χ0v) is 14.7. The average Bonchev–Trinajstić information content (AvgIpc) is 3.33. The molecule has 1 N–H and O–H groups in total. The molecular weight excluding hydrogens is 334 g/mol. The van der Waals surface area contributed by atoms with E-state index >= 15 is 0 Å². The van der Waals surface area contributed by atoms with Crippen LogP contribution in [0.4, 0.5) is 8.78 Å². The number of carbonyl (C=O) groups is 1. The van der Waals surface area contributed by atoms with Crippen LogP contribution in [0.1, 0.15) is 44.1 Å². The monoisotopic (exact) mass is 358 g/mol. The number of hydrogen-bond acceptors (Lipinski definition) is 2. The van der Waals surface area contributed by atoms with Crippen molar-refractivity contribution in [1.29, 1.82) is 0 Å². The molecule has 24 heavy (non-hydrogen) atoms. The Kier molecular flexibility index (Phi) is 6.58. The standard InChI is InChI=1S/C18H24F2N2O.ClH/c1-2-10-22(12-6-8-21-9-7-12)18(23)14-11-13(14)17-15(19)4-3-5-16(17)20;/h3-5,12-14,21H,2,6-11H2,1H3;1H. The molecule has 1 aromatic rings. The molecule has 1 saturated carbocycles. The predicted molar refractivity (Wildman–Crippen MR) is 92.3 cm³/mol. The van der Waals surface area contributed by atoms with Crippen molar-refractivity contribution in [2.24, 2.45) is 5.92 Å². The Morgan fingerprint density at radius 3 is 2.46 bits per heavy atom. The summed E-state index contributed by atoms with van der Waals surface area (Å²) >= 11 is 0. The fourth-order valence-corrected chi connectivity index (χ4v) is 3.70. The first kappa shape index (κ1) is 19.1. The molecule has 0 bridgehead atoms. The largest absolute Gasteiger partial charge is 0.339 e. The zero-order chi connectivity index (χ0) is 16.4. The number of carbonyl (C=O) groups excluding carboxylic acids is 1. The van der Waals surface area contributed by atoms with Gasteiger partial charge in [0.2, 0.25) is 5.91 Å². The molecule has 2 atom stereocenters. The lowest BCUT2D eigenvalue weighted by Gasteiger charge is -2.35. The van der Waals surface area contributed by atoms with Gasteiger partial charge in [0.15, 0.2) is 0 Å². The fourth-order valence-electron chi connectivity index (χ4n) is 3.70. The van der Waals surface area contributed by atoms with E-state index in [1.54, 1.807) is 0 Å². The van der Waals surface area contributed by atoms with Gasteiger partial charge in [0.05, 0.1) is 0 Å². The van der Waals surface area contributed by atoms with Gasteiger partial charge in [-0.15, -0.1) is 12.4 Å². The molecule has 0 radical (unpaired) electrons. The summed E-state index contributed by atoms with van der Waals surface area (Å²) in [7, 11) is 0. The van der Waals surface area contributed by atoms with E-state index in [0.29, 0.717) is 6.42 Å². The molecule has 6 heteroatoms. The minimum Gasteiger partial charge on any atom is -0.339 e. The number of benzene rings is 1. The van der Waals surface area contributed by atoms with Gasteiger partial charge in [0, 0.05) is 30.0 Å². The zero-order valence-electron chi connectivity index (χ0n) is 13.9. The van der Waals surface area contributed by atoms with Crippen LogP contribution < -0.4 is 5.32 Å². The lowest BCUT2D eigenvalue weighted by atomic mass is 10.0. The highest BCUT2D eigenvalue weighted by Crippen LogP contribution is 2.50. The van der Waals surface area contributed by atoms with Crippen LogP contribution in [0.25, 0.3) is 0 Å². The Balaban J connectivity index is 0.00000208. The van der Waals surface area contributed by atoms with E-state index in [9.17, 15) is 13.6 Å². The Morgan fingerprint density at radius 2 is 1.88 bits per heavy atom. The third-order valence-corrected chi connectivity index (χ3v) is 4.98. The van der Waals surface area contributed by atoms with E-state index in [1.165, 1.54) is 18.2 Å². The topological polar surface area (TPSA) is 32.3 Å². The second kappa shape index (κ2) is 8.26. The van der Waals surface area contributed by atoms with Gasteiger partial charge in [0.1, 0.15) is 11.6 Å². The van der Waals surface area contributed by atoms with Gasteiger partial charge < -0.3 is 10.2 Å². The fraction of sp³-hybridized carbons (Fsp3) is 0.611. The second-order valence-corrected chi connectivity index (χ2v) is 6.60. The highest BCUT2D eigenvalue weighted by atomic mass is 35.5. The first-order chi connectivity index (χ1) is 11.1. The summed E-state index contributed by atoms with van der Waals surface area (Å²) in [6, 6.07) is 4.17. The highest BCUT2D eigenvalue weighted by Gasteiger charge is 2.48. The maximum atomic E-state index is 13.9. The number of nitrogens with one attached hydrogen (secondary N) is 1. The molecule has 1 aliphatic heterocycles. The summed E-state index contributed by atoms with van der Waals surface area (Å²) in [6.45, 7) is 4.64. The van der Waals surface area contributed by atoms with Crippen LogP contribution in [0, 0.1) is 17.6 Å². The second-order valence-electron chi connectivity index (χ2n) is 6.60. The molecule has 134 valence electrons. The Bertz CT molecular complexity index is 558. The molecule has 0 spiro atoms. The molecule has 0 aromatic heterocycles. The van der Waals surface area contributed by atoms with Crippen LogP contribution >= 0.6 is 12.4 Å². The van der Waals surface area contributed by atoms with Crippen molar-refractivity contribution < 1.29 is 13.6 Å². The van der Waals surface area contributed by atoms with Crippen LogP contribution in [0.3, 0.4) is 0 Å². The molecule has 1 aromatic carbocycles. The highest BCUT2D eigenvalue weighted by molar-refractivity contribution is 5.85. The molecule has 1 saturated heterocycles. The van der Waals surface area contributed by atoms with Crippen LogP contribution in [-0.2, 0) is 4.79 Å². The SMILES string of the molecule is CCCN(C(=O)C1CC1c1c(F)cccc1F)C1CCNCC1.Cl. The summed E-state index contributed by atoms with van der Waals surface area (Å²) in [5, 5.41) is 3.31. The van der Waals surface area contributed by atoms with Crippen LogP contribution in [0.15, 0.2) is 18.2 Å². The summed E-state index contributed by atoms with van der Waals surface area (Å²) in [5.41, 5.74) is 0.0904. The predicted octanol–water partition coefficient (Wildman–Crippen LogP) is 3.48. The van der Waals surface area contributed by atoms with Crippen molar-refractivity contribution in [3.63, 3.8) is 0 Å². The number of hydrogen-bond donors (Lipinski definition) is 1. The molecule has 2 unspecified atom stereocenters. The molecule has 3 nitrogen and oxygen atoms in total. The van der Waals surface area contributed by atoms with Crippen molar-refractivity contribution in [1.82, 2.24) is 10.2 Å². The van der Waals surface area contributed by atoms with Crippen molar-refractivity contribution >= 4 is 18.3 Å². The summed E-state index contributed by atoms with van der Waals surface area (Å²) in [6.07, 6.45) is 3.37. The number of rotatable bonds is 5. The lowest BCUT2D eigenvalue weighted by molar-refractivity contribution is -0.135. The maximum absolute atomic E-state index is 13.9. The van der Waals surface area contributed by atoms with Gasteiger partial charge >= 0.3 is 0 Å². The van der Waals surface area contributed by atoms with Gasteiger partial charge in [-0.3, -0.25) is 4.79 Å². The minimum atomic E-state index is -0.533. The van der Waals surface area contributed by atoms with Crippen molar-refractivity contribution in [3.8, 4) is 0 Å². The maximum Gasteiger partial charge on any atom is 0.226 e. The number of halogens is 3. The van der Waals surface area contributed by atoms with E-state index in [2.05, 4.69) is 12.2 Å². The Morgan fingerprint density at radius 1 is 1.25 bits per heavy atom. The quantitative estimate of drug-likeness (QED) is 0.874. The van der Waals surface area contributed by atoms with Crippen molar-refractivity contribution in [2.45, 2.75) is 44.6 Å². The minimum absolute atomic E-state index is 0. The number of piperidine rings is 1. The van der Waals surface area contributed by atoms with Gasteiger partial charge in [-0.05, 0) is 50.9 Å². The van der Waals surface area contributed by atoms with Crippen molar-refractivity contribution in [2.75, 3.05) is 19.6 Å². The molecule has 2 aliphatic rings. The summed E-state index contributed by atoms with van der Waals surface area (Å²) < 4.78 is 27.8. The summed E-state index contributed by atoms with van der Waals surface area (Å²) in [4.78, 5) is 14.8. The molecule has 1 heterocycles. The van der Waals surface area contributed by atoms with Crippen LogP contribution in [0.2, 0.25) is 0 Å². The Hall–Kier alpha value is -1.20. The van der Waals surface area contributed by atoms with Gasteiger partial charge in [-0.25, -0.2) is 8.78 Å². The Labute approximate surface area is 148 Å². The van der Waals surface area contributed by atoms with E-state index in [1.807, 2.05) is 4.90 Å². The van der Waals surface area contributed by atoms with Gasteiger partial charge in [-0.1, -0.05) is 13.0 Å². The number of amides is 1. The van der Waals surface area contributed by atoms with E-state index < -0.39 is 11.6 Å². The van der Waals surface area contributed by atoms with Crippen LogP contribution in [-0.4, -0.2) is 36.5 Å². The normalized spacial score (nSPS) is 23.5. The first-order valence-corrected chi connectivity index (χ1v) is 8.58. The van der Waals surface area contributed by atoms with Crippen LogP contribution in [0.5, 0.6) is 0 Å². The van der Waals surface area contributed by atoms with E-state index in [4.69, 9.17) is 0 Å². The lowest BCUT2D eigenvalue weighted by Crippen LogP contribution is -2.47. The number of nitrogens with zero attached hydrogens (tertiary/aromatic N) is 1. The average molecular weight is 359 g/mol. The third kappa shape index (κ3) is 3.89. The van der Waals surface area contributed by atoms with E-state index in [-0.39, 0.29) is 41.8 Å². The van der Waals surface area contributed by atoms with E-state index in [0.717, 1.165) is 38.9 Å². The smallest absolute Gasteiger partial charge is 0.226 e.